The Morgan fingerprint density at radius 2 is 1.04 bits per heavy atom. The minimum absolute atomic E-state index is 0. The molecule has 5 heterocycles. The second kappa shape index (κ2) is 13.1. The number of aliphatic carboxylic acids is 2. The van der Waals surface area contributed by atoms with Crippen molar-refractivity contribution in [1.29, 1.82) is 0 Å². The largest absolute Gasteiger partial charge is 2.00 e. The average Bonchev–Trinajstić information content (AvgIpc) is 3.59. The number of rotatable bonds is 8. The van der Waals surface area contributed by atoms with E-state index in [0.717, 1.165) is 50.0 Å². The molecule has 8 bridgehead atoms. The summed E-state index contributed by atoms with van der Waals surface area (Å²) in [6.45, 7) is 11.0. The van der Waals surface area contributed by atoms with Gasteiger partial charge in [0.15, 0.2) is 0 Å². The van der Waals surface area contributed by atoms with E-state index >= 15 is 0 Å². The number of nitrogens with zero attached hydrogens (tertiary/aromatic N) is 2. The van der Waals surface area contributed by atoms with Crippen molar-refractivity contribution in [2.75, 3.05) is 0 Å². The summed E-state index contributed by atoms with van der Waals surface area (Å²) in [7, 11) is 0. The van der Waals surface area contributed by atoms with Gasteiger partial charge in [-0.25, -0.2) is 9.97 Å². The minimum atomic E-state index is -1.18. The molecule has 237 valence electrons. The van der Waals surface area contributed by atoms with Gasteiger partial charge in [0.2, 0.25) is 0 Å². The standard InChI is InChI=1S/C34H38N4O6.Co/c1-15-21(7-9-31(41)42)27-14-28-22(8-10-32(43)44)16(2)24(36-28)12-29-34(20(6)40)18(4)26(38-29)13-30-33(19(5)39)17(3)25(37-30)11-23(15)35-27;/h11-14,19-20,37-40H,7-10H2,1-6H3,(H,41,42)(H,43,44);/q;+2/p-2. The van der Waals surface area contributed by atoms with Gasteiger partial charge in [-0.2, -0.15) is 0 Å². The topological polar surface area (TPSA) is 178 Å². The molecule has 2 aliphatic heterocycles. The first kappa shape index (κ1) is 33.9. The normalized spacial score (nSPS) is 14.4. The number of carbonyl (C=O) groups excluding carboxylic acids is 2. The number of aliphatic hydroxyl groups excluding tert-OH is 2. The van der Waals surface area contributed by atoms with Gasteiger partial charge in [0.1, 0.15) is 0 Å². The maximum atomic E-state index is 11.4. The summed E-state index contributed by atoms with van der Waals surface area (Å²) >= 11 is 0. The zero-order chi connectivity index (χ0) is 32.0. The van der Waals surface area contributed by atoms with Crippen LogP contribution in [-0.4, -0.2) is 42.1 Å². The van der Waals surface area contributed by atoms with Crippen molar-refractivity contribution in [1.82, 2.24) is 19.9 Å². The molecule has 1 radical (unpaired) electrons. The molecule has 0 saturated carbocycles. The van der Waals surface area contributed by atoms with Gasteiger partial charge in [-0.3, -0.25) is 0 Å². The Labute approximate surface area is 271 Å². The molecule has 5 rings (SSSR count). The number of carbonyl (C=O) groups is 2. The molecule has 45 heavy (non-hydrogen) atoms. The summed E-state index contributed by atoms with van der Waals surface area (Å²) in [4.78, 5) is 39.5. The van der Waals surface area contributed by atoms with Crippen molar-refractivity contribution < 1.29 is 46.8 Å². The van der Waals surface area contributed by atoms with Crippen molar-refractivity contribution in [2.24, 2.45) is 0 Å². The van der Waals surface area contributed by atoms with Crippen molar-refractivity contribution in [2.45, 2.75) is 79.4 Å². The molecule has 2 atom stereocenters. The second-order valence-corrected chi connectivity index (χ2v) is 11.6. The molecule has 2 aliphatic rings. The summed E-state index contributed by atoms with van der Waals surface area (Å²) in [6.07, 6.45) is -1.59. The van der Waals surface area contributed by atoms with Crippen molar-refractivity contribution in [3.05, 3.63) is 69.3 Å². The van der Waals surface area contributed by atoms with Gasteiger partial charge in [0.25, 0.3) is 0 Å². The number of aromatic amines is 2. The number of aliphatic hydroxyl groups is 2. The molecule has 4 N–H and O–H groups in total. The Bertz CT molecular complexity index is 1930. The summed E-state index contributed by atoms with van der Waals surface area (Å²) in [6, 6.07) is 7.41. The van der Waals surface area contributed by atoms with Gasteiger partial charge in [-0.1, -0.05) is 0 Å². The van der Waals surface area contributed by atoms with Crippen molar-refractivity contribution in [3.63, 3.8) is 0 Å². The number of hydrogen-bond acceptors (Lipinski definition) is 8. The maximum absolute atomic E-state index is 11.4. The average molecular weight is 656 g/mol. The molecule has 0 aromatic carbocycles. The van der Waals surface area contributed by atoms with Crippen LogP contribution in [0.25, 0.3) is 44.4 Å². The van der Waals surface area contributed by atoms with E-state index in [9.17, 15) is 30.0 Å². The summed E-state index contributed by atoms with van der Waals surface area (Å²) < 4.78 is 0. The molecule has 3 aromatic heterocycles. The van der Waals surface area contributed by atoms with Crippen LogP contribution in [0.3, 0.4) is 0 Å². The van der Waals surface area contributed by atoms with Gasteiger partial charge in [-0.05, 0) is 125 Å². The van der Waals surface area contributed by atoms with Gasteiger partial charge in [0, 0.05) is 45.1 Å². The zero-order valence-corrected chi connectivity index (χ0v) is 27.1. The van der Waals surface area contributed by atoms with Crippen LogP contribution in [0.4, 0.5) is 0 Å². The van der Waals surface area contributed by atoms with Gasteiger partial charge >= 0.3 is 16.8 Å². The maximum Gasteiger partial charge on any atom is 2.00 e. The van der Waals surface area contributed by atoms with Gasteiger partial charge in [0.05, 0.1) is 35.0 Å². The van der Waals surface area contributed by atoms with E-state index in [1.54, 1.807) is 19.9 Å². The van der Waals surface area contributed by atoms with Crippen LogP contribution < -0.4 is 10.2 Å². The number of fused-ring (bicyclic) bond motifs is 8. The second-order valence-electron chi connectivity index (χ2n) is 11.6. The number of H-pyrrole nitrogens is 2. The summed E-state index contributed by atoms with van der Waals surface area (Å²) in [5, 5.41) is 44.4. The molecule has 0 spiro atoms. The number of allylic oxidation sites excluding steroid dienone is 4. The monoisotopic (exact) mass is 655 g/mol. The first-order chi connectivity index (χ1) is 20.8. The Morgan fingerprint density at radius 1 is 0.667 bits per heavy atom. The van der Waals surface area contributed by atoms with E-state index in [1.165, 1.54) is 0 Å². The summed E-state index contributed by atoms with van der Waals surface area (Å²) in [5.41, 5.74) is 11.3. The van der Waals surface area contributed by atoms with Crippen LogP contribution in [-0.2, 0) is 26.4 Å². The molecule has 3 aromatic rings. The molecule has 0 saturated heterocycles. The van der Waals surface area contributed by atoms with E-state index in [4.69, 9.17) is 9.97 Å². The zero-order valence-electron chi connectivity index (χ0n) is 26.0. The molecule has 0 fully saturated rings. The third-order valence-corrected chi connectivity index (χ3v) is 8.63. The number of hydrogen-bond donors (Lipinski definition) is 4. The molecule has 2 unspecified atom stereocenters. The predicted molar refractivity (Wildman–Crippen MR) is 165 cm³/mol. The van der Waals surface area contributed by atoms with Crippen molar-refractivity contribution >= 4 is 56.3 Å². The smallest absolute Gasteiger partial charge is 0.550 e. The Kier molecular flexibility index (Phi) is 9.88. The van der Waals surface area contributed by atoms with Crippen LogP contribution in [0.2, 0.25) is 0 Å². The third kappa shape index (κ3) is 6.52. The first-order valence-electron chi connectivity index (χ1n) is 14.7. The number of nitrogens with one attached hydrogen (secondary N) is 2. The molecule has 11 heteroatoms. The van der Waals surface area contributed by atoms with Crippen molar-refractivity contribution in [3.8, 4) is 0 Å². The fourth-order valence-corrected chi connectivity index (χ4v) is 6.31. The van der Waals surface area contributed by atoms with Gasteiger partial charge < -0.3 is 40.0 Å². The quantitative estimate of drug-likeness (QED) is 0.282. The van der Waals surface area contributed by atoms with Crippen LogP contribution in [0, 0.1) is 13.8 Å². The SMILES string of the molecule is CC1=C(CCC(=O)[O-])c2cc3nc(cc4[nH]c(cc5[nH]c(cc1n2)c(C)c5C(C)O)c(C)c4C(C)O)C(C)=C3CCC(=O)[O-].[Co+2]. The number of aryl methyl sites for hydroxylation is 2. The van der Waals surface area contributed by atoms with E-state index in [1.807, 2.05) is 45.9 Å². The molecular weight excluding hydrogens is 619 g/mol. The Hall–Kier alpha value is -4.03. The molecule has 10 nitrogen and oxygen atoms in total. The number of carboxylic acid groups (broad SMARTS) is 2. The summed E-state index contributed by atoms with van der Waals surface area (Å²) in [5.74, 6) is -2.35. The van der Waals surface area contributed by atoms with Gasteiger partial charge in [-0.15, -0.1) is 0 Å². The Morgan fingerprint density at radius 3 is 1.44 bits per heavy atom. The first-order valence-corrected chi connectivity index (χ1v) is 14.7. The number of aromatic nitrogens is 4. The van der Waals surface area contributed by atoms with Crippen LogP contribution in [0.5, 0.6) is 0 Å². The predicted octanol–water partition coefficient (Wildman–Crippen LogP) is 3.96. The van der Waals surface area contributed by atoms with E-state index in [2.05, 4.69) is 9.97 Å². The molecule has 0 amide bonds. The van der Waals surface area contributed by atoms with Crippen LogP contribution in [0.1, 0.15) is 111 Å². The fraction of sp³-hybridized carbons (Fsp3) is 0.353. The minimum Gasteiger partial charge on any atom is -0.550 e. The van der Waals surface area contributed by atoms with E-state index in [0.29, 0.717) is 39.4 Å². The Balaban J connectivity index is 0.00000461. The third-order valence-electron chi connectivity index (χ3n) is 8.63. The van der Waals surface area contributed by atoms with E-state index < -0.39 is 24.1 Å². The van der Waals surface area contributed by atoms with Crippen LogP contribution in [0.15, 0.2) is 24.3 Å². The number of carboxylic acids is 2. The molecule has 0 aliphatic carbocycles. The fourth-order valence-electron chi connectivity index (χ4n) is 6.31. The van der Waals surface area contributed by atoms with E-state index in [-0.39, 0.29) is 42.5 Å². The molecular formula is C34H36CoN4O6. The van der Waals surface area contributed by atoms with Crippen LogP contribution >= 0.6 is 0 Å².